The Morgan fingerprint density at radius 2 is 2.00 bits per heavy atom. The number of carboxylic acids is 1. The second-order valence-corrected chi connectivity index (χ2v) is 3.14. The summed E-state index contributed by atoms with van der Waals surface area (Å²) in [5.74, 6) is -3.80. The number of hydrogen-bond acceptors (Lipinski definition) is 3. The Balaban J connectivity index is 2.77. The molecule has 8 heteroatoms. The molecule has 0 aromatic rings. The summed E-state index contributed by atoms with van der Waals surface area (Å²) >= 11 is 0. The molecule has 1 saturated heterocycles. The number of nitrogens with one attached hydrogen (secondary N) is 1. The van der Waals surface area contributed by atoms with E-state index in [1.807, 2.05) is 0 Å². The lowest BCUT2D eigenvalue weighted by Crippen LogP contribution is -2.58. The SMILES string of the molecule is O=C(NC1(C(=O)O)CCOC1)C(F)(F)F. The number of carbonyl (C=O) groups excluding carboxylic acids is 1. The van der Waals surface area contributed by atoms with Crippen molar-refractivity contribution in [2.24, 2.45) is 0 Å². The monoisotopic (exact) mass is 227 g/mol. The standard InChI is InChI=1S/C7H8F3NO4/c8-7(9,10)4(12)11-6(5(13)14)1-2-15-3-6/h1-3H2,(H,11,12)(H,13,14). The van der Waals surface area contributed by atoms with E-state index < -0.39 is 30.2 Å². The van der Waals surface area contributed by atoms with Crippen molar-refractivity contribution >= 4 is 11.9 Å². The summed E-state index contributed by atoms with van der Waals surface area (Å²) in [5.41, 5.74) is -1.95. The minimum atomic E-state index is -5.09. The quantitative estimate of drug-likeness (QED) is 0.691. The molecule has 2 N–H and O–H groups in total. The van der Waals surface area contributed by atoms with Crippen LogP contribution in [0.15, 0.2) is 0 Å². The van der Waals surface area contributed by atoms with Crippen molar-refractivity contribution in [3.05, 3.63) is 0 Å². The average molecular weight is 227 g/mol. The van der Waals surface area contributed by atoms with E-state index in [1.165, 1.54) is 5.32 Å². The predicted molar refractivity (Wildman–Crippen MR) is 40.0 cm³/mol. The van der Waals surface area contributed by atoms with E-state index in [2.05, 4.69) is 4.74 Å². The third kappa shape index (κ3) is 2.38. The second kappa shape index (κ2) is 3.69. The molecule has 0 spiro atoms. The first kappa shape index (κ1) is 11.8. The van der Waals surface area contributed by atoms with Crippen molar-refractivity contribution in [1.82, 2.24) is 5.32 Å². The first-order valence-corrected chi connectivity index (χ1v) is 3.98. The zero-order valence-corrected chi connectivity index (χ0v) is 7.43. The van der Waals surface area contributed by atoms with Crippen molar-refractivity contribution in [2.75, 3.05) is 13.2 Å². The summed E-state index contributed by atoms with van der Waals surface area (Å²) in [6.45, 7) is -0.450. The highest BCUT2D eigenvalue weighted by Crippen LogP contribution is 2.22. The Morgan fingerprint density at radius 3 is 2.33 bits per heavy atom. The molecule has 1 fully saturated rings. The first-order valence-electron chi connectivity index (χ1n) is 3.98. The molecule has 1 rings (SSSR count). The van der Waals surface area contributed by atoms with Gasteiger partial charge in [-0.3, -0.25) is 4.79 Å². The van der Waals surface area contributed by atoms with Crippen LogP contribution in [0.25, 0.3) is 0 Å². The van der Waals surface area contributed by atoms with Crippen LogP contribution in [-0.2, 0) is 14.3 Å². The Labute approximate surface area is 82.2 Å². The number of amides is 1. The summed E-state index contributed by atoms with van der Waals surface area (Å²) in [5, 5.41) is 10.2. The van der Waals surface area contributed by atoms with E-state index in [1.54, 1.807) is 0 Å². The predicted octanol–water partition coefficient (Wildman–Crippen LogP) is -0.0914. The summed E-state index contributed by atoms with van der Waals surface area (Å²) < 4.78 is 40.3. The molecule has 1 aliphatic heterocycles. The number of hydrogen-bond donors (Lipinski definition) is 2. The van der Waals surface area contributed by atoms with E-state index in [9.17, 15) is 22.8 Å². The van der Waals surface area contributed by atoms with Crippen LogP contribution in [0.2, 0.25) is 0 Å². The highest BCUT2D eigenvalue weighted by atomic mass is 19.4. The third-order valence-electron chi connectivity index (χ3n) is 2.04. The average Bonchev–Trinajstić information content (AvgIpc) is 2.52. The Kier molecular flexibility index (Phi) is 2.89. The fraction of sp³-hybridized carbons (Fsp3) is 0.714. The zero-order valence-electron chi connectivity index (χ0n) is 7.43. The van der Waals surface area contributed by atoms with Gasteiger partial charge in [-0.15, -0.1) is 0 Å². The Bertz CT molecular complexity index is 282. The summed E-state index contributed by atoms with van der Waals surface area (Å²) in [4.78, 5) is 21.3. The van der Waals surface area contributed by atoms with E-state index in [4.69, 9.17) is 5.11 Å². The van der Waals surface area contributed by atoms with Gasteiger partial charge in [-0.2, -0.15) is 13.2 Å². The van der Waals surface area contributed by atoms with Gasteiger partial charge >= 0.3 is 18.1 Å². The molecule has 1 unspecified atom stereocenters. The lowest BCUT2D eigenvalue weighted by Gasteiger charge is -2.24. The first-order chi connectivity index (χ1) is 6.78. The number of rotatable bonds is 2. The van der Waals surface area contributed by atoms with Crippen LogP contribution in [0.1, 0.15) is 6.42 Å². The molecule has 86 valence electrons. The zero-order chi connectivity index (χ0) is 11.7. The molecule has 1 heterocycles. The molecule has 0 aliphatic carbocycles. The number of carbonyl (C=O) groups is 2. The maximum atomic E-state index is 11.9. The maximum Gasteiger partial charge on any atom is 0.471 e. The minimum absolute atomic E-state index is 0.00440. The van der Waals surface area contributed by atoms with Crippen molar-refractivity contribution in [3.8, 4) is 0 Å². The fourth-order valence-electron chi connectivity index (χ4n) is 1.17. The highest BCUT2D eigenvalue weighted by Gasteiger charge is 2.49. The molecule has 1 amide bonds. The number of halogens is 3. The molecular weight excluding hydrogens is 219 g/mol. The number of ether oxygens (including phenoxy) is 1. The fourth-order valence-corrected chi connectivity index (χ4v) is 1.17. The van der Waals surface area contributed by atoms with Crippen LogP contribution in [-0.4, -0.2) is 41.9 Å². The van der Waals surface area contributed by atoms with Crippen molar-refractivity contribution in [3.63, 3.8) is 0 Å². The summed E-state index contributed by atoms with van der Waals surface area (Å²) in [6, 6.07) is 0. The minimum Gasteiger partial charge on any atom is -0.479 e. The summed E-state index contributed by atoms with van der Waals surface area (Å²) in [7, 11) is 0. The third-order valence-corrected chi connectivity index (χ3v) is 2.04. The molecule has 1 aliphatic rings. The highest BCUT2D eigenvalue weighted by molar-refractivity contribution is 5.90. The molecule has 5 nitrogen and oxygen atoms in total. The van der Waals surface area contributed by atoms with Crippen LogP contribution in [0.3, 0.4) is 0 Å². The smallest absolute Gasteiger partial charge is 0.471 e. The van der Waals surface area contributed by atoms with Gasteiger partial charge in [0.05, 0.1) is 6.61 Å². The molecule has 0 aromatic heterocycles. The molecule has 15 heavy (non-hydrogen) atoms. The van der Waals surface area contributed by atoms with Crippen LogP contribution in [0.5, 0.6) is 0 Å². The van der Waals surface area contributed by atoms with Gasteiger partial charge in [0.1, 0.15) is 0 Å². The van der Waals surface area contributed by atoms with Crippen molar-refractivity contribution in [1.29, 1.82) is 0 Å². The van der Waals surface area contributed by atoms with Gasteiger partial charge in [0.25, 0.3) is 0 Å². The van der Waals surface area contributed by atoms with Crippen LogP contribution >= 0.6 is 0 Å². The maximum absolute atomic E-state index is 11.9. The Hall–Kier alpha value is -1.31. The number of carboxylic acid groups (broad SMARTS) is 1. The van der Waals surface area contributed by atoms with Crippen molar-refractivity contribution < 1.29 is 32.6 Å². The Morgan fingerprint density at radius 1 is 1.40 bits per heavy atom. The van der Waals surface area contributed by atoms with E-state index in [-0.39, 0.29) is 13.0 Å². The topological polar surface area (TPSA) is 75.6 Å². The van der Waals surface area contributed by atoms with Crippen LogP contribution < -0.4 is 5.32 Å². The van der Waals surface area contributed by atoms with Crippen molar-refractivity contribution in [2.45, 2.75) is 18.1 Å². The molecule has 0 bridgehead atoms. The van der Waals surface area contributed by atoms with Gasteiger partial charge < -0.3 is 15.2 Å². The molecule has 1 atom stereocenters. The van der Waals surface area contributed by atoms with Crippen LogP contribution in [0.4, 0.5) is 13.2 Å². The summed E-state index contributed by atoms with van der Waals surface area (Å²) in [6.07, 6.45) is -5.27. The lowest BCUT2D eigenvalue weighted by molar-refractivity contribution is -0.177. The van der Waals surface area contributed by atoms with Crippen LogP contribution in [0, 0.1) is 0 Å². The lowest BCUT2D eigenvalue weighted by atomic mass is 9.99. The second-order valence-electron chi connectivity index (χ2n) is 3.14. The molecule has 0 saturated carbocycles. The molecule has 0 radical (unpaired) electrons. The molecule has 0 aromatic carbocycles. The largest absolute Gasteiger partial charge is 0.479 e. The van der Waals surface area contributed by atoms with Gasteiger partial charge in [0, 0.05) is 13.0 Å². The number of alkyl halides is 3. The normalized spacial score (nSPS) is 26.3. The van der Waals surface area contributed by atoms with Gasteiger partial charge in [-0.25, -0.2) is 4.79 Å². The van der Waals surface area contributed by atoms with Gasteiger partial charge in [-0.1, -0.05) is 0 Å². The van der Waals surface area contributed by atoms with E-state index in [0.29, 0.717) is 0 Å². The van der Waals surface area contributed by atoms with Gasteiger partial charge in [-0.05, 0) is 0 Å². The van der Waals surface area contributed by atoms with E-state index in [0.717, 1.165) is 0 Å². The number of aliphatic carboxylic acids is 1. The van der Waals surface area contributed by atoms with E-state index >= 15 is 0 Å². The van der Waals surface area contributed by atoms with Gasteiger partial charge in [0.15, 0.2) is 5.54 Å². The molecular formula is C7H8F3NO4. The van der Waals surface area contributed by atoms with Gasteiger partial charge in [0.2, 0.25) is 0 Å².